The highest BCUT2D eigenvalue weighted by molar-refractivity contribution is 5.93. The molecule has 7 heteroatoms. The number of carbonyl (C=O) groups excluding carboxylic acids is 2. The minimum absolute atomic E-state index is 0.0272. The summed E-state index contributed by atoms with van der Waals surface area (Å²) in [5.74, 6) is 1.26. The number of rotatable bonds is 5. The first-order valence-electron chi connectivity index (χ1n) is 6.65. The van der Waals surface area contributed by atoms with Crippen LogP contribution in [0.1, 0.15) is 18.6 Å². The predicted octanol–water partition coefficient (Wildman–Crippen LogP) is 1.32. The minimum atomic E-state index is -0.269. The topological polar surface area (TPSA) is 78.7 Å². The zero-order valence-corrected chi connectivity index (χ0v) is 12.0. The van der Waals surface area contributed by atoms with Crippen LogP contribution in [0.15, 0.2) is 10.6 Å². The number of urea groups is 1. The molecule has 2 rings (SSSR count). The van der Waals surface area contributed by atoms with Crippen molar-refractivity contribution in [2.45, 2.75) is 19.8 Å². The zero-order chi connectivity index (χ0) is 14.7. The molecule has 0 aromatic carbocycles. The maximum absolute atomic E-state index is 12.0. The van der Waals surface area contributed by atoms with Gasteiger partial charge >= 0.3 is 6.03 Å². The molecule has 1 aliphatic carbocycles. The van der Waals surface area contributed by atoms with Crippen LogP contribution in [0.25, 0.3) is 0 Å². The Balaban J connectivity index is 1.92. The summed E-state index contributed by atoms with van der Waals surface area (Å²) in [5, 5.41) is 6.32. The maximum Gasteiger partial charge on any atom is 0.319 e. The molecule has 1 aliphatic rings. The molecular weight excluding hydrogens is 260 g/mol. The van der Waals surface area contributed by atoms with Crippen molar-refractivity contribution in [1.82, 2.24) is 15.0 Å². The molecule has 1 aromatic heterocycles. The lowest BCUT2D eigenvalue weighted by Gasteiger charge is -2.25. The molecular formula is C13H20N4O3. The van der Waals surface area contributed by atoms with E-state index in [9.17, 15) is 9.59 Å². The molecule has 7 nitrogen and oxygen atoms in total. The summed E-state index contributed by atoms with van der Waals surface area (Å²) in [5.41, 5.74) is 0. The molecule has 0 saturated heterocycles. The molecule has 1 N–H and O–H groups in total. The van der Waals surface area contributed by atoms with Crippen LogP contribution in [0.2, 0.25) is 0 Å². The first-order valence-corrected chi connectivity index (χ1v) is 6.65. The van der Waals surface area contributed by atoms with Crippen molar-refractivity contribution in [1.29, 1.82) is 0 Å². The van der Waals surface area contributed by atoms with Crippen LogP contribution < -0.4 is 5.32 Å². The molecule has 0 aliphatic heterocycles. The lowest BCUT2D eigenvalue weighted by Crippen LogP contribution is -2.44. The molecule has 0 radical (unpaired) electrons. The number of aromatic nitrogens is 1. The second-order valence-electron chi connectivity index (χ2n) is 5.37. The van der Waals surface area contributed by atoms with E-state index in [4.69, 9.17) is 4.52 Å². The standard InChI is InChI=1S/C13H20N4O3/c1-9-6-11(15-20-9)14-12(18)8-17(7-10-4-5-10)13(19)16(2)3/h6,10H,4-5,7-8H2,1-3H3,(H,14,15,18). The van der Waals surface area contributed by atoms with Gasteiger partial charge in [0.1, 0.15) is 12.3 Å². The zero-order valence-electron chi connectivity index (χ0n) is 12.0. The second kappa shape index (κ2) is 5.94. The van der Waals surface area contributed by atoms with E-state index in [-0.39, 0.29) is 18.5 Å². The van der Waals surface area contributed by atoms with Crippen molar-refractivity contribution in [3.05, 3.63) is 11.8 Å². The molecule has 1 heterocycles. The second-order valence-corrected chi connectivity index (χ2v) is 5.37. The molecule has 0 bridgehead atoms. The Morgan fingerprint density at radius 3 is 2.65 bits per heavy atom. The number of hydrogen-bond donors (Lipinski definition) is 1. The van der Waals surface area contributed by atoms with E-state index in [0.717, 1.165) is 12.8 Å². The molecule has 1 fully saturated rings. The van der Waals surface area contributed by atoms with Crippen molar-refractivity contribution in [2.24, 2.45) is 5.92 Å². The molecule has 1 saturated carbocycles. The molecule has 0 spiro atoms. The van der Waals surface area contributed by atoms with Crippen LogP contribution in [0.5, 0.6) is 0 Å². The predicted molar refractivity (Wildman–Crippen MR) is 73.2 cm³/mol. The average Bonchev–Trinajstić information content (AvgIpc) is 3.10. The van der Waals surface area contributed by atoms with Gasteiger partial charge in [-0.1, -0.05) is 5.16 Å². The fraction of sp³-hybridized carbons (Fsp3) is 0.615. The van der Waals surface area contributed by atoms with Crippen LogP contribution in [-0.2, 0) is 4.79 Å². The van der Waals surface area contributed by atoms with Crippen molar-refractivity contribution in [3.63, 3.8) is 0 Å². The third-order valence-electron chi connectivity index (χ3n) is 3.06. The van der Waals surface area contributed by atoms with Crippen LogP contribution in [-0.4, -0.2) is 54.1 Å². The highest BCUT2D eigenvalue weighted by atomic mass is 16.5. The van der Waals surface area contributed by atoms with E-state index < -0.39 is 0 Å². The van der Waals surface area contributed by atoms with E-state index in [0.29, 0.717) is 24.0 Å². The van der Waals surface area contributed by atoms with Crippen LogP contribution in [0.3, 0.4) is 0 Å². The van der Waals surface area contributed by atoms with Gasteiger partial charge in [0.2, 0.25) is 5.91 Å². The van der Waals surface area contributed by atoms with E-state index >= 15 is 0 Å². The number of nitrogens with zero attached hydrogens (tertiary/aromatic N) is 3. The molecule has 20 heavy (non-hydrogen) atoms. The summed E-state index contributed by atoms with van der Waals surface area (Å²) < 4.78 is 4.88. The third kappa shape index (κ3) is 3.97. The van der Waals surface area contributed by atoms with E-state index in [1.807, 2.05) is 0 Å². The van der Waals surface area contributed by atoms with Crippen molar-refractivity contribution in [2.75, 3.05) is 32.5 Å². The van der Waals surface area contributed by atoms with Gasteiger partial charge in [-0.05, 0) is 25.7 Å². The molecule has 1 aromatic rings. The van der Waals surface area contributed by atoms with E-state index in [1.54, 1.807) is 32.0 Å². The number of nitrogens with one attached hydrogen (secondary N) is 1. The smallest absolute Gasteiger partial charge is 0.319 e. The quantitative estimate of drug-likeness (QED) is 0.882. The van der Waals surface area contributed by atoms with Crippen molar-refractivity contribution in [3.8, 4) is 0 Å². The Bertz CT molecular complexity index is 494. The summed E-state index contributed by atoms with van der Waals surface area (Å²) in [4.78, 5) is 27.0. The van der Waals surface area contributed by atoms with Gasteiger partial charge in [-0.15, -0.1) is 0 Å². The number of anilines is 1. The van der Waals surface area contributed by atoms with Gasteiger partial charge in [0.15, 0.2) is 5.82 Å². The normalized spacial score (nSPS) is 13.9. The lowest BCUT2D eigenvalue weighted by atomic mass is 10.3. The van der Waals surface area contributed by atoms with Crippen molar-refractivity contribution < 1.29 is 14.1 Å². The van der Waals surface area contributed by atoms with Crippen LogP contribution in [0, 0.1) is 12.8 Å². The minimum Gasteiger partial charge on any atom is -0.360 e. The summed E-state index contributed by atoms with van der Waals surface area (Å²) in [7, 11) is 3.36. The highest BCUT2D eigenvalue weighted by Crippen LogP contribution is 2.29. The summed E-state index contributed by atoms with van der Waals surface area (Å²) in [6.07, 6.45) is 2.25. The summed E-state index contributed by atoms with van der Waals surface area (Å²) >= 11 is 0. The van der Waals surface area contributed by atoms with Gasteiger partial charge in [0.25, 0.3) is 0 Å². The van der Waals surface area contributed by atoms with Gasteiger partial charge in [0.05, 0.1) is 0 Å². The largest absolute Gasteiger partial charge is 0.360 e. The average molecular weight is 280 g/mol. The SMILES string of the molecule is Cc1cc(NC(=O)CN(CC2CC2)C(=O)N(C)C)no1. The summed E-state index contributed by atoms with van der Waals surface area (Å²) in [6.45, 7) is 2.40. The van der Waals surface area contributed by atoms with Gasteiger partial charge in [-0.3, -0.25) is 4.79 Å². The van der Waals surface area contributed by atoms with Gasteiger partial charge < -0.3 is 19.6 Å². The Hall–Kier alpha value is -2.05. The first-order chi connectivity index (χ1) is 9.45. The lowest BCUT2D eigenvalue weighted by molar-refractivity contribution is -0.116. The first kappa shape index (κ1) is 14.4. The van der Waals surface area contributed by atoms with E-state index in [1.165, 1.54) is 4.90 Å². The summed E-state index contributed by atoms with van der Waals surface area (Å²) in [6, 6.07) is 1.49. The molecule has 0 atom stereocenters. The number of amides is 3. The van der Waals surface area contributed by atoms with E-state index in [2.05, 4.69) is 10.5 Å². The Labute approximate surface area is 117 Å². The van der Waals surface area contributed by atoms with Gasteiger partial charge in [-0.25, -0.2) is 4.79 Å². The van der Waals surface area contributed by atoms with Crippen LogP contribution in [0.4, 0.5) is 10.6 Å². The number of carbonyl (C=O) groups is 2. The molecule has 3 amide bonds. The molecule has 110 valence electrons. The fourth-order valence-corrected chi connectivity index (χ4v) is 1.89. The molecule has 0 unspecified atom stereocenters. The Morgan fingerprint density at radius 1 is 1.45 bits per heavy atom. The number of hydrogen-bond acceptors (Lipinski definition) is 4. The Morgan fingerprint density at radius 2 is 2.15 bits per heavy atom. The fourth-order valence-electron chi connectivity index (χ4n) is 1.89. The van der Waals surface area contributed by atoms with Gasteiger partial charge in [0, 0.05) is 26.7 Å². The van der Waals surface area contributed by atoms with Crippen LogP contribution >= 0.6 is 0 Å². The number of aryl methyl sites for hydroxylation is 1. The maximum atomic E-state index is 12.0. The third-order valence-corrected chi connectivity index (χ3v) is 3.06. The highest BCUT2D eigenvalue weighted by Gasteiger charge is 2.28. The van der Waals surface area contributed by atoms with Gasteiger partial charge in [-0.2, -0.15) is 0 Å². The Kier molecular flexibility index (Phi) is 4.26. The monoisotopic (exact) mass is 280 g/mol. The van der Waals surface area contributed by atoms with Crippen molar-refractivity contribution >= 4 is 17.8 Å².